The number of rotatable bonds is 7. The largest absolute Gasteiger partial charge is 0.313 e. The van der Waals surface area contributed by atoms with Crippen LogP contribution in [-0.4, -0.2) is 27.4 Å². The van der Waals surface area contributed by atoms with Crippen molar-refractivity contribution in [2.45, 2.75) is 51.6 Å². The molecule has 1 aromatic carbocycles. The van der Waals surface area contributed by atoms with Gasteiger partial charge in [-0.2, -0.15) is 5.10 Å². The van der Waals surface area contributed by atoms with Crippen molar-refractivity contribution in [3.63, 3.8) is 0 Å². The molecule has 1 fully saturated rings. The zero-order valence-electron chi connectivity index (χ0n) is 12.9. The van der Waals surface area contributed by atoms with E-state index < -0.39 is 0 Å². The normalized spacial score (nSPS) is 16.1. The molecule has 0 radical (unpaired) electrons. The first-order valence-electron chi connectivity index (χ1n) is 7.93. The van der Waals surface area contributed by atoms with Crippen LogP contribution in [0, 0.1) is 6.92 Å². The summed E-state index contributed by atoms with van der Waals surface area (Å²) >= 11 is 0. The second kappa shape index (κ2) is 6.39. The van der Waals surface area contributed by atoms with Gasteiger partial charge in [-0.05, 0) is 32.3 Å². The summed E-state index contributed by atoms with van der Waals surface area (Å²) in [7, 11) is 0. The van der Waals surface area contributed by atoms with Gasteiger partial charge in [-0.1, -0.05) is 29.8 Å². The molecule has 0 bridgehead atoms. The Bertz CT molecular complexity index is 569. The van der Waals surface area contributed by atoms with E-state index in [-0.39, 0.29) is 0 Å². The van der Waals surface area contributed by atoms with Gasteiger partial charge in [-0.25, -0.2) is 4.98 Å². The van der Waals surface area contributed by atoms with Crippen molar-refractivity contribution >= 4 is 0 Å². The Balaban J connectivity index is 1.75. The van der Waals surface area contributed by atoms with Crippen LogP contribution in [0.15, 0.2) is 30.6 Å². The highest BCUT2D eigenvalue weighted by Gasteiger charge is 2.23. The second-order valence-corrected chi connectivity index (χ2v) is 5.99. The van der Waals surface area contributed by atoms with Crippen LogP contribution in [0.1, 0.15) is 42.6 Å². The number of nitrogens with zero attached hydrogens (tertiary/aromatic N) is 3. The lowest BCUT2D eigenvalue weighted by atomic mass is 9.94. The molecule has 1 atom stereocenters. The van der Waals surface area contributed by atoms with Crippen LogP contribution in [0.4, 0.5) is 0 Å². The van der Waals surface area contributed by atoms with Crippen LogP contribution >= 0.6 is 0 Å². The first-order chi connectivity index (χ1) is 10.3. The van der Waals surface area contributed by atoms with Crippen molar-refractivity contribution in [1.29, 1.82) is 0 Å². The van der Waals surface area contributed by atoms with Crippen molar-refractivity contribution in [2.75, 3.05) is 6.54 Å². The first kappa shape index (κ1) is 14.3. The van der Waals surface area contributed by atoms with Crippen molar-refractivity contribution < 1.29 is 0 Å². The molecule has 4 nitrogen and oxygen atoms in total. The van der Waals surface area contributed by atoms with E-state index in [2.05, 4.69) is 53.5 Å². The van der Waals surface area contributed by atoms with Gasteiger partial charge in [0, 0.05) is 31.5 Å². The highest BCUT2D eigenvalue weighted by Crippen LogP contribution is 2.24. The van der Waals surface area contributed by atoms with Crippen molar-refractivity contribution in [3.05, 3.63) is 47.5 Å². The van der Waals surface area contributed by atoms with Crippen molar-refractivity contribution in [2.24, 2.45) is 0 Å². The lowest BCUT2D eigenvalue weighted by molar-refractivity contribution is 0.535. The Hall–Kier alpha value is -1.68. The molecular weight excluding hydrogens is 260 g/mol. The Labute approximate surface area is 126 Å². The minimum absolute atomic E-state index is 0.459. The highest BCUT2D eigenvalue weighted by molar-refractivity contribution is 5.25. The molecule has 21 heavy (non-hydrogen) atoms. The van der Waals surface area contributed by atoms with Gasteiger partial charge in [0.05, 0.1) is 0 Å². The molecule has 1 aliphatic carbocycles. The quantitative estimate of drug-likeness (QED) is 0.850. The summed E-state index contributed by atoms with van der Waals surface area (Å²) < 4.78 is 2.00. The van der Waals surface area contributed by atoms with E-state index in [9.17, 15) is 0 Å². The standard InChI is InChI=1S/C17H24N4/c1-3-21-17(19-12-20-21)10-15(11-18-16-8-9-16)14-6-4-13(2)5-7-14/h4-7,12,15-16,18H,3,8-11H2,1-2H3. The Kier molecular flexibility index (Phi) is 4.34. The number of nitrogens with one attached hydrogen (secondary N) is 1. The molecule has 1 heterocycles. The SMILES string of the molecule is CCn1ncnc1CC(CNC1CC1)c1ccc(C)cc1. The number of hydrogen-bond donors (Lipinski definition) is 1. The van der Waals surface area contributed by atoms with Gasteiger partial charge in [-0.15, -0.1) is 0 Å². The van der Waals surface area contributed by atoms with Gasteiger partial charge in [0.1, 0.15) is 12.2 Å². The van der Waals surface area contributed by atoms with Crippen LogP contribution in [0.2, 0.25) is 0 Å². The molecule has 112 valence electrons. The molecule has 0 spiro atoms. The van der Waals surface area contributed by atoms with E-state index in [0.29, 0.717) is 5.92 Å². The molecule has 3 rings (SSSR count). The molecule has 1 aliphatic rings. The fraction of sp³-hybridized carbons (Fsp3) is 0.529. The molecule has 1 saturated carbocycles. The topological polar surface area (TPSA) is 42.7 Å². The number of hydrogen-bond acceptors (Lipinski definition) is 3. The second-order valence-electron chi connectivity index (χ2n) is 5.99. The monoisotopic (exact) mass is 284 g/mol. The predicted octanol–water partition coefficient (Wildman–Crippen LogP) is 2.68. The Morgan fingerprint density at radius 2 is 2.05 bits per heavy atom. The summed E-state index contributed by atoms with van der Waals surface area (Å²) in [6.45, 7) is 6.15. The fourth-order valence-corrected chi connectivity index (χ4v) is 2.67. The zero-order chi connectivity index (χ0) is 14.7. The van der Waals surface area contributed by atoms with Crippen molar-refractivity contribution in [1.82, 2.24) is 20.1 Å². The maximum absolute atomic E-state index is 4.44. The van der Waals surface area contributed by atoms with Crippen LogP contribution in [-0.2, 0) is 13.0 Å². The van der Waals surface area contributed by atoms with Crippen LogP contribution < -0.4 is 5.32 Å². The van der Waals surface area contributed by atoms with Crippen LogP contribution in [0.5, 0.6) is 0 Å². The fourth-order valence-electron chi connectivity index (χ4n) is 2.67. The van der Waals surface area contributed by atoms with E-state index in [1.807, 2.05) is 4.68 Å². The molecule has 2 aromatic rings. The van der Waals surface area contributed by atoms with Crippen LogP contribution in [0.3, 0.4) is 0 Å². The average Bonchev–Trinajstić information content (AvgIpc) is 3.22. The number of benzene rings is 1. The lowest BCUT2D eigenvalue weighted by Crippen LogP contribution is -2.25. The van der Waals surface area contributed by atoms with Gasteiger partial charge in [0.2, 0.25) is 0 Å². The lowest BCUT2D eigenvalue weighted by Gasteiger charge is -2.18. The molecule has 0 saturated heterocycles. The maximum Gasteiger partial charge on any atom is 0.138 e. The smallest absolute Gasteiger partial charge is 0.138 e. The van der Waals surface area contributed by atoms with E-state index in [1.54, 1.807) is 6.33 Å². The predicted molar refractivity (Wildman–Crippen MR) is 84.3 cm³/mol. The van der Waals surface area contributed by atoms with Gasteiger partial charge in [0.25, 0.3) is 0 Å². The third-order valence-electron chi connectivity index (χ3n) is 4.20. The molecule has 1 unspecified atom stereocenters. The minimum Gasteiger partial charge on any atom is -0.313 e. The molecule has 1 aromatic heterocycles. The Morgan fingerprint density at radius 3 is 2.71 bits per heavy atom. The molecular formula is C17H24N4. The molecule has 1 N–H and O–H groups in total. The average molecular weight is 284 g/mol. The molecule has 0 aliphatic heterocycles. The van der Waals surface area contributed by atoms with Gasteiger partial charge < -0.3 is 5.32 Å². The van der Waals surface area contributed by atoms with E-state index in [1.165, 1.54) is 24.0 Å². The summed E-state index contributed by atoms with van der Waals surface area (Å²) in [5.41, 5.74) is 2.70. The highest BCUT2D eigenvalue weighted by atomic mass is 15.3. The van der Waals surface area contributed by atoms with E-state index >= 15 is 0 Å². The maximum atomic E-state index is 4.44. The number of aromatic nitrogens is 3. The van der Waals surface area contributed by atoms with Crippen molar-refractivity contribution in [3.8, 4) is 0 Å². The summed E-state index contributed by atoms with van der Waals surface area (Å²) in [6.07, 6.45) is 5.26. The summed E-state index contributed by atoms with van der Waals surface area (Å²) in [4.78, 5) is 4.44. The first-order valence-corrected chi connectivity index (χ1v) is 7.93. The van der Waals surface area contributed by atoms with E-state index in [0.717, 1.165) is 31.4 Å². The minimum atomic E-state index is 0.459. The third-order valence-corrected chi connectivity index (χ3v) is 4.20. The van der Waals surface area contributed by atoms with Crippen LogP contribution in [0.25, 0.3) is 0 Å². The summed E-state index contributed by atoms with van der Waals surface area (Å²) in [5.74, 6) is 1.54. The van der Waals surface area contributed by atoms with E-state index in [4.69, 9.17) is 0 Å². The van der Waals surface area contributed by atoms with Gasteiger partial charge in [-0.3, -0.25) is 4.68 Å². The van der Waals surface area contributed by atoms with Gasteiger partial charge >= 0.3 is 0 Å². The molecule has 4 heteroatoms. The third kappa shape index (κ3) is 3.70. The summed E-state index contributed by atoms with van der Waals surface area (Å²) in [5, 5.41) is 7.95. The Morgan fingerprint density at radius 1 is 1.29 bits per heavy atom. The number of aryl methyl sites for hydroxylation is 2. The van der Waals surface area contributed by atoms with Gasteiger partial charge in [0.15, 0.2) is 0 Å². The molecule has 0 amide bonds. The zero-order valence-corrected chi connectivity index (χ0v) is 12.9. The summed E-state index contributed by atoms with van der Waals surface area (Å²) in [6, 6.07) is 9.64.